The normalized spacial score (nSPS) is 10.5. The maximum Gasteiger partial charge on any atom is 0.171 e. The van der Waals surface area contributed by atoms with Gasteiger partial charge < -0.3 is 10.6 Å². The van der Waals surface area contributed by atoms with Crippen LogP contribution in [0.4, 0.5) is 5.69 Å². The molecule has 0 aliphatic carbocycles. The van der Waals surface area contributed by atoms with Crippen molar-refractivity contribution in [3.63, 3.8) is 0 Å². The van der Waals surface area contributed by atoms with Crippen molar-refractivity contribution in [1.29, 1.82) is 0 Å². The van der Waals surface area contributed by atoms with Crippen LogP contribution in [-0.2, 0) is 6.54 Å². The highest BCUT2D eigenvalue weighted by Crippen LogP contribution is 2.23. The predicted molar refractivity (Wildman–Crippen MR) is 103 cm³/mol. The van der Waals surface area contributed by atoms with Gasteiger partial charge in [-0.1, -0.05) is 60.1 Å². The lowest BCUT2D eigenvalue weighted by atomic mass is 10.0. The highest BCUT2D eigenvalue weighted by molar-refractivity contribution is 7.80. The molecule has 0 amide bonds. The smallest absolute Gasteiger partial charge is 0.171 e. The molecule has 0 unspecified atom stereocenters. The molecule has 0 saturated carbocycles. The van der Waals surface area contributed by atoms with E-state index >= 15 is 0 Å². The Balaban J connectivity index is 1.69. The minimum absolute atomic E-state index is 0.559. The Morgan fingerprint density at radius 2 is 1.83 bits per heavy atom. The number of nitrogens with one attached hydrogen (secondary N) is 2. The van der Waals surface area contributed by atoms with Gasteiger partial charge >= 0.3 is 0 Å². The third-order valence-corrected chi connectivity index (χ3v) is 4.25. The molecule has 2 N–H and O–H groups in total. The third kappa shape index (κ3) is 3.81. The number of fused-ring (bicyclic) bond motifs is 1. The number of hydrogen-bond acceptors (Lipinski definition) is 1. The van der Waals surface area contributed by atoms with Crippen LogP contribution in [0.25, 0.3) is 10.8 Å². The van der Waals surface area contributed by atoms with E-state index in [-0.39, 0.29) is 0 Å². The Morgan fingerprint density at radius 3 is 2.65 bits per heavy atom. The Bertz CT molecular complexity index is 856. The second-order valence-corrected chi connectivity index (χ2v) is 6.24. The van der Waals surface area contributed by atoms with E-state index in [4.69, 9.17) is 23.8 Å². The third-order valence-electron chi connectivity index (χ3n) is 3.69. The van der Waals surface area contributed by atoms with Crippen molar-refractivity contribution < 1.29 is 0 Å². The van der Waals surface area contributed by atoms with E-state index in [0.717, 1.165) is 11.3 Å². The zero-order chi connectivity index (χ0) is 16.2. The SMILES string of the molecule is Cc1ccc(NC(=S)NCc2cccc3ccccc23)c(Cl)c1. The molecule has 3 rings (SSSR count). The molecule has 0 spiro atoms. The molecular formula is C19H17ClN2S. The van der Waals surface area contributed by atoms with Gasteiger partial charge in [-0.3, -0.25) is 0 Å². The Labute approximate surface area is 146 Å². The fourth-order valence-corrected chi connectivity index (χ4v) is 2.97. The first-order valence-electron chi connectivity index (χ1n) is 7.41. The molecule has 3 aromatic carbocycles. The average molecular weight is 341 g/mol. The molecule has 0 aromatic heterocycles. The average Bonchev–Trinajstić information content (AvgIpc) is 2.55. The fraction of sp³-hybridized carbons (Fsp3) is 0.105. The quantitative estimate of drug-likeness (QED) is 0.633. The largest absolute Gasteiger partial charge is 0.358 e. The Morgan fingerprint density at radius 1 is 1.04 bits per heavy atom. The summed E-state index contributed by atoms with van der Waals surface area (Å²) in [6, 6.07) is 20.5. The topological polar surface area (TPSA) is 24.1 Å². The molecule has 2 nitrogen and oxygen atoms in total. The minimum Gasteiger partial charge on any atom is -0.358 e. The van der Waals surface area contributed by atoms with E-state index < -0.39 is 0 Å². The van der Waals surface area contributed by atoms with Crippen molar-refractivity contribution in [2.24, 2.45) is 0 Å². The lowest BCUT2D eigenvalue weighted by Gasteiger charge is -2.13. The molecule has 3 aromatic rings. The molecule has 0 heterocycles. The molecule has 0 bridgehead atoms. The van der Waals surface area contributed by atoms with Crippen LogP contribution in [-0.4, -0.2) is 5.11 Å². The number of hydrogen-bond donors (Lipinski definition) is 2. The fourth-order valence-electron chi connectivity index (χ4n) is 2.51. The van der Waals surface area contributed by atoms with Crippen LogP contribution >= 0.6 is 23.8 Å². The van der Waals surface area contributed by atoms with Gasteiger partial charge in [0, 0.05) is 6.54 Å². The Hall–Kier alpha value is -2.10. The van der Waals surface area contributed by atoms with Crippen LogP contribution < -0.4 is 10.6 Å². The molecular weight excluding hydrogens is 324 g/mol. The molecule has 116 valence electrons. The first-order valence-corrected chi connectivity index (χ1v) is 8.20. The van der Waals surface area contributed by atoms with E-state index in [2.05, 4.69) is 47.0 Å². The standard InChI is InChI=1S/C19H17ClN2S/c1-13-9-10-18(17(20)11-13)22-19(23)21-12-15-7-4-6-14-5-2-3-8-16(14)15/h2-11H,12H2,1H3,(H2,21,22,23). The summed E-state index contributed by atoms with van der Waals surface area (Å²) in [6.45, 7) is 2.67. The van der Waals surface area contributed by atoms with Crippen LogP contribution in [0.5, 0.6) is 0 Å². The van der Waals surface area contributed by atoms with Crippen molar-refractivity contribution in [2.75, 3.05) is 5.32 Å². The zero-order valence-corrected chi connectivity index (χ0v) is 14.3. The van der Waals surface area contributed by atoms with Crippen molar-refractivity contribution in [1.82, 2.24) is 5.32 Å². The maximum absolute atomic E-state index is 6.22. The molecule has 0 fully saturated rings. The van der Waals surface area contributed by atoms with Gasteiger partial charge in [0.15, 0.2) is 5.11 Å². The van der Waals surface area contributed by atoms with E-state index in [0.29, 0.717) is 16.7 Å². The van der Waals surface area contributed by atoms with Gasteiger partial charge in [-0.15, -0.1) is 0 Å². The number of thiocarbonyl (C=S) groups is 1. The number of aryl methyl sites for hydroxylation is 1. The Kier molecular flexibility index (Phi) is 4.79. The molecule has 23 heavy (non-hydrogen) atoms. The monoisotopic (exact) mass is 340 g/mol. The van der Waals surface area contributed by atoms with Crippen molar-refractivity contribution in [2.45, 2.75) is 13.5 Å². The van der Waals surface area contributed by atoms with E-state index in [1.807, 2.05) is 31.2 Å². The summed E-state index contributed by atoms with van der Waals surface area (Å²) in [4.78, 5) is 0. The van der Waals surface area contributed by atoms with Crippen LogP contribution in [0.15, 0.2) is 60.7 Å². The first-order chi connectivity index (χ1) is 11.1. The maximum atomic E-state index is 6.22. The molecule has 0 aliphatic rings. The van der Waals surface area contributed by atoms with Crippen LogP contribution in [0.1, 0.15) is 11.1 Å². The summed E-state index contributed by atoms with van der Waals surface area (Å²) in [7, 11) is 0. The molecule has 0 saturated heterocycles. The lowest BCUT2D eigenvalue weighted by Crippen LogP contribution is -2.28. The zero-order valence-electron chi connectivity index (χ0n) is 12.8. The molecule has 0 radical (unpaired) electrons. The van der Waals surface area contributed by atoms with Gasteiger partial charge in [-0.05, 0) is 53.2 Å². The summed E-state index contributed by atoms with van der Waals surface area (Å²) in [5.41, 5.74) is 3.14. The number of anilines is 1. The number of rotatable bonds is 3. The van der Waals surface area contributed by atoms with Crippen molar-refractivity contribution >= 4 is 45.4 Å². The summed E-state index contributed by atoms with van der Waals surface area (Å²) in [5, 5.41) is 10.1. The summed E-state index contributed by atoms with van der Waals surface area (Å²) < 4.78 is 0. The molecule has 0 aliphatic heterocycles. The van der Waals surface area contributed by atoms with Crippen molar-refractivity contribution in [3.8, 4) is 0 Å². The van der Waals surface area contributed by atoms with Crippen LogP contribution in [0.3, 0.4) is 0 Å². The van der Waals surface area contributed by atoms with Gasteiger partial charge in [-0.25, -0.2) is 0 Å². The van der Waals surface area contributed by atoms with E-state index in [1.165, 1.54) is 16.3 Å². The lowest BCUT2D eigenvalue weighted by molar-refractivity contribution is 0.934. The molecule has 4 heteroatoms. The van der Waals surface area contributed by atoms with Crippen LogP contribution in [0, 0.1) is 6.92 Å². The van der Waals surface area contributed by atoms with E-state index in [9.17, 15) is 0 Å². The summed E-state index contributed by atoms with van der Waals surface area (Å²) in [6.07, 6.45) is 0. The summed E-state index contributed by atoms with van der Waals surface area (Å²) in [5.74, 6) is 0. The molecule has 0 atom stereocenters. The minimum atomic E-state index is 0.559. The van der Waals surface area contributed by atoms with Gasteiger partial charge in [0.25, 0.3) is 0 Å². The van der Waals surface area contributed by atoms with Gasteiger partial charge in [0.05, 0.1) is 10.7 Å². The van der Waals surface area contributed by atoms with Gasteiger partial charge in [-0.2, -0.15) is 0 Å². The first kappa shape index (κ1) is 15.8. The number of benzene rings is 3. The highest BCUT2D eigenvalue weighted by atomic mass is 35.5. The van der Waals surface area contributed by atoms with Crippen LogP contribution in [0.2, 0.25) is 5.02 Å². The van der Waals surface area contributed by atoms with Crippen molar-refractivity contribution in [3.05, 3.63) is 76.8 Å². The second-order valence-electron chi connectivity index (χ2n) is 5.43. The highest BCUT2D eigenvalue weighted by Gasteiger charge is 2.04. The summed E-state index contributed by atoms with van der Waals surface area (Å²) >= 11 is 11.6. The predicted octanol–water partition coefficient (Wildman–Crippen LogP) is 5.29. The number of halogens is 1. The van der Waals surface area contributed by atoms with E-state index in [1.54, 1.807) is 0 Å². The second kappa shape index (κ2) is 6.99. The van der Waals surface area contributed by atoms with Gasteiger partial charge in [0.2, 0.25) is 0 Å². The van der Waals surface area contributed by atoms with Gasteiger partial charge in [0.1, 0.15) is 0 Å².